The van der Waals surface area contributed by atoms with Gasteiger partial charge < -0.3 is 10.1 Å². The van der Waals surface area contributed by atoms with Gasteiger partial charge in [-0.3, -0.25) is 4.79 Å². The van der Waals surface area contributed by atoms with Crippen molar-refractivity contribution in [1.29, 1.82) is 0 Å². The van der Waals surface area contributed by atoms with Crippen LogP contribution in [-0.4, -0.2) is 39.4 Å². The average Bonchev–Trinajstić information content (AvgIpc) is 2.61. The van der Waals surface area contributed by atoms with E-state index in [0.717, 1.165) is 24.6 Å². The molecule has 0 spiro atoms. The van der Waals surface area contributed by atoms with Crippen LogP contribution in [0.5, 0.6) is 0 Å². The number of carbonyl (C=O) groups excluding carboxylic acids is 2. The Morgan fingerprint density at radius 3 is 2.72 bits per heavy atom. The number of unbranched alkanes of at least 4 members (excludes halogenated alkanes) is 1. The summed E-state index contributed by atoms with van der Waals surface area (Å²) in [7, 11) is 0. The molecular weight excluding hydrogens is 344 g/mol. The van der Waals surface area contributed by atoms with E-state index in [4.69, 9.17) is 4.74 Å². The standard InChI is InChI=1S/C16H18N4O4S/c1-2-3-8-24-15(22)11-4-6-12(7-5-11)18-13(21)10-25-14-9-17-20-16(23)19-14/h4-7,9H,2-3,8,10H2,1H3,(H,18,21)(H,19,20,23). The van der Waals surface area contributed by atoms with Crippen molar-refractivity contribution < 1.29 is 14.3 Å². The fourth-order valence-corrected chi connectivity index (χ4v) is 2.41. The van der Waals surface area contributed by atoms with E-state index in [-0.39, 0.29) is 17.6 Å². The molecule has 8 nitrogen and oxygen atoms in total. The van der Waals surface area contributed by atoms with Gasteiger partial charge in [0.25, 0.3) is 0 Å². The normalized spacial score (nSPS) is 10.3. The SMILES string of the molecule is CCCCOC(=O)c1ccc(NC(=O)CSc2cn[nH]c(=O)n2)cc1. The molecular formula is C16H18N4O4S. The number of aromatic nitrogens is 3. The topological polar surface area (TPSA) is 114 Å². The van der Waals surface area contributed by atoms with Crippen LogP contribution in [0, 0.1) is 0 Å². The van der Waals surface area contributed by atoms with Gasteiger partial charge in [0.2, 0.25) is 5.91 Å². The zero-order valence-electron chi connectivity index (χ0n) is 13.7. The van der Waals surface area contributed by atoms with E-state index in [0.29, 0.717) is 22.9 Å². The first-order valence-corrected chi connectivity index (χ1v) is 8.68. The lowest BCUT2D eigenvalue weighted by atomic mass is 10.2. The Labute approximate surface area is 148 Å². The number of amides is 1. The maximum absolute atomic E-state index is 11.9. The van der Waals surface area contributed by atoms with Gasteiger partial charge in [-0.05, 0) is 30.7 Å². The van der Waals surface area contributed by atoms with Crippen molar-refractivity contribution in [1.82, 2.24) is 15.2 Å². The third-order valence-corrected chi connectivity index (χ3v) is 3.93. The number of esters is 1. The number of nitrogens with zero attached hydrogens (tertiary/aromatic N) is 2. The highest BCUT2D eigenvalue weighted by atomic mass is 32.2. The zero-order chi connectivity index (χ0) is 18.1. The van der Waals surface area contributed by atoms with Crippen LogP contribution in [0.2, 0.25) is 0 Å². The van der Waals surface area contributed by atoms with Gasteiger partial charge >= 0.3 is 11.7 Å². The first-order chi connectivity index (χ1) is 12.1. The number of carbonyl (C=O) groups is 2. The lowest BCUT2D eigenvalue weighted by Crippen LogP contribution is -2.16. The molecule has 0 saturated heterocycles. The number of benzene rings is 1. The third-order valence-electron chi connectivity index (χ3n) is 3.03. The first-order valence-electron chi connectivity index (χ1n) is 7.70. The lowest BCUT2D eigenvalue weighted by molar-refractivity contribution is -0.113. The van der Waals surface area contributed by atoms with Crippen LogP contribution >= 0.6 is 11.8 Å². The van der Waals surface area contributed by atoms with Crippen molar-refractivity contribution >= 4 is 29.3 Å². The van der Waals surface area contributed by atoms with E-state index in [9.17, 15) is 14.4 Å². The zero-order valence-corrected chi connectivity index (χ0v) is 14.5. The van der Waals surface area contributed by atoms with Crippen molar-refractivity contribution in [3.63, 3.8) is 0 Å². The second-order valence-electron chi connectivity index (χ2n) is 5.03. The Balaban J connectivity index is 1.82. The van der Waals surface area contributed by atoms with Gasteiger partial charge in [0.05, 0.1) is 24.1 Å². The highest BCUT2D eigenvalue weighted by Crippen LogP contribution is 2.14. The summed E-state index contributed by atoms with van der Waals surface area (Å²) in [6.45, 7) is 2.42. The molecule has 1 aromatic heterocycles. The molecule has 0 saturated carbocycles. The molecule has 0 aliphatic carbocycles. The molecule has 132 valence electrons. The first kappa shape index (κ1) is 18.7. The maximum atomic E-state index is 11.9. The summed E-state index contributed by atoms with van der Waals surface area (Å²) in [6.07, 6.45) is 3.16. The van der Waals surface area contributed by atoms with Crippen molar-refractivity contribution in [2.45, 2.75) is 24.8 Å². The Morgan fingerprint density at radius 1 is 1.28 bits per heavy atom. The van der Waals surface area contributed by atoms with Gasteiger partial charge in [0.1, 0.15) is 5.03 Å². The van der Waals surface area contributed by atoms with Gasteiger partial charge in [-0.25, -0.2) is 14.7 Å². The minimum absolute atomic E-state index is 0.0823. The Kier molecular flexibility index (Phi) is 7.15. The van der Waals surface area contributed by atoms with E-state index in [1.54, 1.807) is 24.3 Å². The number of rotatable bonds is 8. The van der Waals surface area contributed by atoms with Crippen molar-refractivity contribution in [2.24, 2.45) is 0 Å². The van der Waals surface area contributed by atoms with Crippen LogP contribution < -0.4 is 11.0 Å². The number of anilines is 1. The maximum Gasteiger partial charge on any atom is 0.362 e. The number of thioether (sulfide) groups is 1. The van der Waals surface area contributed by atoms with Crippen LogP contribution in [0.3, 0.4) is 0 Å². The highest BCUT2D eigenvalue weighted by Gasteiger charge is 2.08. The number of H-pyrrole nitrogens is 1. The van der Waals surface area contributed by atoms with Gasteiger partial charge in [-0.2, -0.15) is 10.1 Å². The quantitative estimate of drug-likeness (QED) is 0.418. The molecule has 2 aromatic rings. The minimum Gasteiger partial charge on any atom is -0.462 e. The summed E-state index contributed by atoms with van der Waals surface area (Å²) in [6, 6.07) is 6.45. The third kappa shape index (κ3) is 6.38. The van der Waals surface area contributed by atoms with Crippen LogP contribution in [0.4, 0.5) is 5.69 Å². The lowest BCUT2D eigenvalue weighted by Gasteiger charge is -2.07. The van der Waals surface area contributed by atoms with Crippen LogP contribution in [0.1, 0.15) is 30.1 Å². The van der Waals surface area contributed by atoms with E-state index in [1.165, 1.54) is 6.20 Å². The highest BCUT2D eigenvalue weighted by molar-refractivity contribution is 7.99. The predicted molar refractivity (Wildman–Crippen MR) is 93.6 cm³/mol. The fourth-order valence-electron chi connectivity index (χ4n) is 1.78. The molecule has 1 amide bonds. The van der Waals surface area contributed by atoms with Gasteiger partial charge in [0.15, 0.2) is 0 Å². The molecule has 2 N–H and O–H groups in total. The molecule has 0 atom stereocenters. The smallest absolute Gasteiger partial charge is 0.362 e. The second kappa shape index (κ2) is 9.58. The summed E-state index contributed by atoms with van der Waals surface area (Å²) >= 11 is 1.10. The second-order valence-corrected chi connectivity index (χ2v) is 6.02. The number of aromatic amines is 1. The van der Waals surface area contributed by atoms with E-state index in [2.05, 4.69) is 20.5 Å². The molecule has 9 heteroatoms. The van der Waals surface area contributed by atoms with Crippen molar-refractivity contribution in [3.05, 3.63) is 46.5 Å². The molecule has 0 fully saturated rings. The van der Waals surface area contributed by atoms with E-state index in [1.807, 2.05) is 6.92 Å². The van der Waals surface area contributed by atoms with Crippen LogP contribution in [0.25, 0.3) is 0 Å². The minimum atomic E-state index is -0.563. The van der Waals surface area contributed by atoms with Gasteiger partial charge in [-0.15, -0.1) is 0 Å². The van der Waals surface area contributed by atoms with E-state index >= 15 is 0 Å². The fraction of sp³-hybridized carbons (Fsp3) is 0.312. The largest absolute Gasteiger partial charge is 0.462 e. The summed E-state index contributed by atoms with van der Waals surface area (Å²) in [5.74, 6) is -0.557. The molecule has 1 heterocycles. The molecule has 25 heavy (non-hydrogen) atoms. The summed E-state index contributed by atoms with van der Waals surface area (Å²) in [5, 5.41) is 8.83. The number of nitrogens with one attached hydrogen (secondary N) is 2. The van der Waals surface area contributed by atoms with Crippen LogP contribution in [0.15, 0.2) is 40.3 Å². The molecule has 0 unspecified atom stereocenters. The average molecular weight is 362 g/mol. The summed E-state index contributed by atoms with van der Waals surface area (Å²) in [5.41, 5.74) is 0.432. The number of hydrogen-bond acceptors (Lipinski definition) is 7. The number of hydrogen-bond donors (Lipinski definition) is 2. The Bertz CT molecular complexity index is 776. The summed E-state index contributed by atoms with van der Waals surface area (Å²) < 4.78 is 5.12. The Hall–Kier alpha value is -2.68. The molecule has 2 rings (SSSR count). The summed E-state index contributed by atoms with van der Waals surface area (Å²) in [4.78, 5) is 38.4. The Morgan fingerprint density at radius 2 is 2.04 bits per heavy atom. The van der Waals surface area contributed by atoms with Crippen molar-refractivity contribution in [3.8, 4) is 0 Å². The molecule has 0 radical (unpaired) electrons. The predicted octanol–water partition coefficient (Wildman–Crippen LogP) is 1.85. The monoisotopic (exact) mass is 362 g/mol. The van der Waals surface area contributed by atoms with Gasteiger partial charge in [0, 0.05) is 5.69 Å². The van der Waals surface area contributed by atoms with Crippen molar-refractivity contribution in [2.75, 3.05) is 17.7 Å². The molecule has 0 bridgehead atoms. The molecule has 1 aromatic carbocycles. The molecule has 0 aliphatic rings. The molecule has 0 aliphatic heterocycles. The van der Waals surface area contributed by atoms with Crippen LogP contribution in [-0.2, 0) is 9.53 Å². The van der Waals surface area contributed by atoms with E-state index < -0.39 is 5.69 Å². The van der Waals surface area contributed by atoms with Gasteiger partial charge in [-0.1, -0.05) is 25.1 Å². The number of ether oxygens (including phenoxy) is 1.